The third kappa shape index (κ3) is 3.48. The Labute approximate surface area is 135 Å². The first kappa shape index (κ1) is 15.4. The smallest absolute Gasteiger partial charge is 0.260 e. The van der Waals surface area contributed by atoms with E-state index in [-0.39, 0.29) is 13.1 Å². The number of thiophene rings is 1. The summed E-state index contributed by atoms with van der Waals surface area (Å²) in [7, 11) is 0. The summed E-state index contributed by atoms with van der Waals surface area (Å²) in [5, 5.41) is 1.88. The van der Waals surface area contributed by atoms with Gasteiger partial charge in [0, 0.05) is 4.88 Å². The lowest BCUT2D eigenvalue weighted by Gasteiger charge is -2.21. The van der Waals surface area contributed by atoms with Crippen LogP contribution in [0.2, 0.25) is 0 Å². The zero-order valence-electron chi connectivity index (χ0n) is 12.0. The van der Waals surface area contributed by atoms with Crippen molar-refractivity contribution < 1.29 is 18.0 Å². The van der Waals surface area contributed by atoms with Gasteiger partial charge in [0.05, 0.1) is 19.4 Å². The molecule has 0 aliphatic carbocycles. The Morgan fingerprint density at radius 3 is 2.43 bits per heavy atom. The topological polar surface area (TPSA) is 33.5 Å². The summed E-state index contributed by atoms with van der Waals surface area (Å²) in [4.78, 5) is 14.9. The highest BCUT2D eigenvalue weighted by Gasteiger charge is 2.24. The van der Waals surface area contributed by atoms with Gasteiger partial charge in [0.2, 0.25) is 0 Å². The fourth-order valence-electron chi connectivity index (χ4n) is 2.24. The van der Waals surface area contributed by atoms with Crippen LogP contribution in [0, 0.1) is 11.6 Å². The minimum Gasteiger partial charge on any atom is -0.467 e. The van der Waals surface area contributed by atoms with Crippen molar-refractivity contribution in [2.75, 3.05) is 0 Å². The van der Waals surface area contributed by atoms with Crippen molar-refractivity contribution in [2.45, 2.75) is 13.1 Å². The van der Waals surface area contributed by atoms with Crippen LogP contribution in [0.25, 0.3) is 0 Å². The molecule has 1 amide bonds. The molecule has 0 fully saturated rings. The SMILES string of the molecule is O=C(c1c(F)cccc1F)N(Cc1ccco1)Cc1cccs1. The number of carbonyl (C=O) groups is 1. The monoisotopic (exact) mass is 333 g/mol. The van der Waals surface area contributed by atoms with Crippen molar-refractivity contribution in [1.29, 1.82) is 0 Å². The molecule has 0 unspecified atom stereocenters. The van der Waals surface area contributed by atoms with Crippen molar-refractivity contribution in [3.63, 3.8) is 0 Å². The van der Waals surface area contributed by atoms with Gasteiger partial charge >= 0.3 is 0 Å². The molecule has 0 saturated heterocycles. The fraction of sp³-hybridized carbons (Fsp3) is 0.118. The van der Waals surface area contributed by atoms with Gasteiger partial charge in [-0.2, -0.15) is 0 Å². The first-order chi connectivity index (χ1) is 11.1. The molecule has 0 bridgehead atoms. The second-order valence-corrected chi connectivity index (χ2v) is 5.95. The lowest BCUT2D eigenvalue weighted by atomic mass is 10.1. The molecule has 23 heavy (non-hydrogen) atoms. The number of benzene rings is 1. The lowest BCUT2D eigenvalue weighted by Crippen LogP contribution is -2.31. The van der Waals surface area contributed by atoms with E-state index in [1.807, 2.05) is 17.5 Å². The quantitative estimate of drug-likeness (QED) is 0.690. The number of amides is 1. The molecule has 2 heterocycles. The molecule has 0 aliphatic rings. The normalized spacial score (nSPS) is 10.7. The van der Waals surface area contributed by atoms with Gasteiger partial charge in [0.25, 0.3) is 5.91 Å². The molecule has 0 atom stereocenters. The first-order valence-electron chi connectivity index (χ1n) is 6.93. The van der Waals surface area contributed by atoms with E-state index < -0.39 is 23.1 Å². The maximum absolute atomic E-state index is 13.9. The molecule has 3 aromatic rings. The van der Waals surface area contributed by atoms with E-state index in [1.165, 1.54) is 28.6 Å². The van der Waals surface area contributed by atoms with Crippen molar-refractivity contribution in [2.24, 2.45) is 0 Å². The Morgan fingerprint density at radius 2 is 1.83 bits per heavy atom. The third-order valence-electron chi connectivity index (χ3n) is 3.32. The molecule has 2 aromatic heterocycles. The number of rotatable bonds is 5. The van der Waals surface area contributed by atoms with E-state index in [2.05, 4.69) is 0 Å². The average molecular weight is 333 g/mol. The van der Waals surface area contributed by atoms with Crippen LogP contribution in [-0.2, 0) is 13.1 Å². The molecule has 6 heteroatoms. The zero-order chi connectivity index (χ0) is 16.2. The van der Waals surface area contributed by atoms with Crippen LogP contribution in [0.4, 0.5) is 8.78 Å². The molecule has 3 nitrogen and oxygen atoms in total. The Bertz CT molecular complexity index is 729. The number of halogens is 2. The van der Waals surface area contributed by atoms with Gasteiger partial charge < -0.3 is 9.32 Å². The summed E-state index contributed by atoms with van der Waals surface area (Å²) in [6, 6.07) is 10.5. The number of furan rings is 1. The summed E-state index contributed by atoms with van der Waals surface area (Å²) in [5.74, 6) is -1.90. The summed E-state index contributed by atoms with van der Waals surface area (Å²) >= 11 is 1.47. The number of hydrogen-bond acceptors (Lipinski definition) is 3. The standard InChI is InChI=1S/C17H13F2NO2S/c18-14-6-1-7-15(19)16(14)17(21)20(10-12-4-2-8-22-12)11-13-5-3-9-23-13/h1-9H,10-11H2. The van der Waals surface area contributed by atoms with Crippen LogP contribution in [0.15, 0.2) is 58.5 Å². The summed E-state index contributed by atoms with van der Waals surface area (Å²) < 4.78 is 33.1. The van der Waals surface area contributed by atoms with Gasteiger partial charge in [-0.25, -0.2) is 8.78 Å². The summed E-state index contributed by atoms with van der Waals surface area (Å²) in [6.45, 7) is 0.391. The van der Waals surface area contributed by atoms with Crippen molar-refractivity contribution in [1.82, 2.24) is 4.90 Å². The first-order valence-corrected chi connectivity index (χ1v) is 7.81. The molecule has 0 radical (unpaired) electrons. The molecule has 3 rings (SSSR count). The van der Waals surface area contributed by atoms with Crippen molar-refractivity contribution >= 4 is 17.2 Å². The van der Waals surface area contributed by atoms with Gasteiger partial charge in [-0.05, 0) is 35.7 Å². The van der Waals surface area contributed by atoms with Crippen LogP contribution in [0.5, 0.6) is 0 Å². The lowest BCUT2D eigenvalue weighted by molar-refractivity contribution is 0.0709. The predicted molar refractivity (Wildman–Crippen MR) is 83.0 cm³/mol. The van der Waals surface area contributed by atoms with E-state index in [1.54, 1.807) is 12.1 Å². The third-order valence-corrected chi connectivity index (χ3v) is 4.18. The molecule has 0 spiro atoms. The van der Waals surface area contributed by atoms with Crippen LogP contribution < -0.4 is 0 Å². The van der Waals surface area contributed by atoms with Crippen LogP contribution in [0.3, 0.4) is 0 Å². The second kappa shape index (κ2) is 6.75. The molecular formula is C17H13F2NO2S. The number of carbonyl (C=O) groups excluding carboxylic acids is 1. The molecule has 1 aromatic carbocycles. The molecule has 0 saturated carbocycles. The average Bonchev–Trinajstić information content (AvgIpc) is 3.20. The Morgan fingerprint density at radius 1 is 1.04 bits per heavy atom. The number of nitrogens with zero attached hydrogens (tertiary/aromatic N) is 1. The van der Waals surface area contributed by atoms with E-state index in [9.17, 15) is 13.6 Å². The van der Waals surface area contributed by atoms with Gasteiger partial charge in [0.15, 0.2) is 0 Å². The second-order valence-electron chi connectivity index (χ2n) is 4.92. The van der Waals surface area contributed by atoms with Crippen LogP contribution in [0.1, 0.15) is 21.0 Å². The Hall–Kier alpha value is -2.47. The van der Waals surface area contributed by atoms with Crippen LogP contribution in [-0.4, -0.2) is 10.8 Å². The van der Waals surface area contributed by atoms with E-state index in [4.69, 9.17) is 4.42 Å². The van der Waals surface area contributed by atoms with Gasteiger partial charge in [0.1, 0.15) is 23.0 Å². The van der Waals surface area contributed by atoms with Crippen molar-refractivity contribution in [3.05, 3.63) is 81.9 Å². The van der Waals surface area contributed by atoms with E-state index in [0.717, 1.165) is 17.0 Å². The largest absolute Gasteiger partial charge is 0.467 e. The summed E-state index contributed by atoms with van der Waals surface area (Å²) in [6.07, 6.45) is 1.49. The Kier molecular flexibility index (Phi) is 4.52. The van der Waals surface area contributed by atoms with Gasteiger partial charge in [-0.15, -0.1) is 11.3 Å². The fourth-order valence-corrected chi connectivity index (χ4v) is 2.96. The highest BCUT2D eigenvalue weighted by molar-refractivity contribution is 7.09. The minimum atomic E-state index is -0.870. The predicted octanol–water partition coefficient (Wildman–Crippen LogP) is 4.46. The summed E-state index contributed by atoms with van der Waals surface area (Å²) in [5.41, 5.74) is -0.546. The molecule has 0 N–H and O–H groups in total. The molecular weight excluding hydrogens is 320 g/mol. The minimum absolute atomic E-state index is 0.136. The maximum Gasteiger partial charge on any atom is 0.260 e. The van der Waals surface area contributed by atoms with Crippen LogP contribution >= 0.6 is 11.3 Å². The van der Waals surface area contributed by atoms with E-state index >= 15 is 0 Å². The zero-order valence-corrected chi connectivity index (χ0v) is 12.9. The highest BCUT2D eigenvalue weighted by Crippen LogP contribution is 2.20. The number of hydrogen-bond donors (Lipinski definition) is 0. The van der Waals surface area contributed by atoms with Gasteiger partial charge in [-0.3, -0.25) is 4.79 Å². The van der Waals surface area contributed by atoms with Gasteiger partial charge in [-0.1, -0.05) is 12.1 Å². The maximum atomic E-state index is 13.9. The molecule has 0 aliphatic heterocycles. The van der Waals surface area contributed by atoms with E-state index in [0.29, 0.717) is 5.76 Å². The van der Waals surface area contributed by atoms with Crippen molar-refractivity contribution in [3.8, 4) is 0 Å². The Balaban J connectivity index is 1.91. The molecule has 118 valence electrons. The highest BCUT2D eigenvalue weighted by atomic mass is 32.1.